The first-order valence-electron chi connectivity index (χ1n) is 7.82. The first-order chi connectivity index (χ1) is 10.3. The van der Waals surface area contributed by atoms with Gasteiger partial charge in [-0.25, -0.2) is 0 Å². The van der Waals surface area contributed by atoms with E-state index in [9.17, 15) is 0 Å². The first kappa shape index (κ1) is 14.2. The van der Waals surface area contributed by atoms with Crippen LogP contribution in [0.1, 0.15) is 42.6 Å². The summed E-state index contributed by atoms with van der Waals surface area (Å²) in [7, 11) is 1.82. The van der Waals surface area contributed by atoms with Crippen molar-refractivity contribution >= 4 is 0 Å². The van der Waals surface area contributed by atoms with Gasteiger partial charge in [-0.15, -0.1) is 10.2 Å². The van der Waals surface area contributed by atoms with E-state index in [1.54, 1.807) is 0 Å². The van der Waals surface area contributed by atoms with Crippen LogP contribution in [0.2, 0.25) is 0 Å². The summed E-state index contributed by atoms with van der Waals surface area (Å²) >= 11 is 0. The lowest BCUT2D eigenvalue weighted by molar-refractivity contribution is 0.418. The molecular formula is C16H23N5. The molecule has 0 bridgehead atoms. The zero-order valence-corrected chi connectivity index (χ0v) is 12.8. The van der Waals surface area contributed by atoms with Crippen LogP contribution in [-0.2, 0) is 19.9 Å². The van der Waals surface area contributed by atoms with E-state index in [0.717, 1.165) is 25.2 Å². The molecule has 1 heterocycles. The maximum Gasteiger partial charge on any atom is 0.176 e. The largest absolute Gasteiger partial charge is 0.313 e. The van der Waals surface area contributed by atoms with Gasteiger partial charge in [-0.1, -0.05) is 31.2 Å². The van der Waals surface area contributed by atoms with E-state index in [1.807, 2.05) is 7.05 Å². The fraction of sp³-hybridized carbons (Fsp3) is 0.562. The van der Waals surface area contributed by atoms with Crippen LogP contribution in [0.15, 0.2) is 24.3 Å². The molecule has 2 atom stereocenters. The summed E-state index contributed by atoms with van der Waals surface area (Å²) in [4.78, 5) is 1.54. The number of aromatic nitrogens is 4. The standard InChI is InChI=1S/C16H23N5/c1-3-10-17-15(11-16-18-20-21(2)19-16)14-9-8-12-6-4-5-7-13(12)14/h4-7,14-15,17H,3,8-11H2,1-2H3. The van der Waals surface area contributed by atoms with Crippen molar-refractivity contribution in [3.05, 3.63) is 41.2 Å². The van der Waals surface area contributed by atoms with Crippen LogP contribution in [0.3, 0.4) is 0 Å². The molecule has 0 saturated heterocycles. The van der Waals surface area contributed by atoms with E-state index in [1.165, 1.54) is 28.8 Å². The van der Waals surface area contributed by atoms with Crippen molar-refractivity contribution in [2.75, 3.05) is 6.54 Å². The van der Waals surface area contributed by atoms with E-state index >= 15 is 0 Å². The van der Waals surface area contributed by atoms with Crippen molar-refractivity contribution in [1.29, 1.82) is 0 Å². The van der Waals surface area contributed by atoms with Gasteiger partial charge in [0.15, 0.2) is 5.82 Å². The SMILES string of the molecule is CCCNC(Cc1nnn(C)n1)C1CCc2ccccc21. The third-order valence-corrected chi connectivity index (χ3v) is 4.27. The van der Waals surface area contributed by atoms with Crippen LogP contribution >= 0.6 is 0 Å². The fourth-order valence-electron chi connectivity index (χ4n) is 3.30. The summed E-state index contributed by atoms with van der Waals surface area (Å²) in [5.74, 6) is 1.38. The zero-order valence-electron chi connectivity index (χ0n) is 12.8. The lowest BCUT2D eigenvalue weighted by Crippen LogP contribution is -2.37. The molecule has 2 aromatic rings. The van der Waals surface area contributed by atoms with E-state index in [0.29, 0.717) is 12.0 Å². The Hall–Kier alpha value is -1.75. The summed E-state index contributed by atoms with van der Waals surface area (Å²) in [5, 5.41) is 16.1. The Balaban J connectivity index is 1.79. The highest BCUT2D eigenvalue weighted by molar-refractivity contribution is 5.36. The highest BCUT2D eigenvalue weighted by Gasteiger charge is 2.30. The average molecular weight is 285 g/mol. The molecule has 112 valence electrons. The maximum absolute atomic E-state index is 4.34. The van der Waals surface area contributed by atoms with Crippen molar-refractivity contribution < 1.29 is 0 Å². The number of nitrogens with zero attached hydrogens (tertiary/aromatic N) is 4. The van der Waals surface area contributed by atoms with Crippen molar-refractivity contribution in [1.82, 2.24) is 25.5 Å². The highest BCUT2D eigenvalue weighted by Crippen LogP contribution is 2.36. The molecule has 0 spiro atoms. The lowest BCUT2D eigenvalue weighted by atomic mass is 9.90. The second kappa shape index (κ2) is 6.35. The number of fused-ring (bicyclic) bond motifs is 1. The molecule has 5 nitrogen and oxygen atoms in total. The van der Waals surface area contributed by atoms with Gasteiger partial charge in [-0.05, 0) is 42.1 Å². The summed E-state index contributed by atoms with van der Waals surface area (Å²) in [6.07, 6.45) is 4.37. The van der Waals surface area contributed by atoms with Gasteiger partial charge in [-0.3, -0.25) is 0 Å². The second-order valence-electron chi connectivity index (χ2n) is 5.80. The molecule has 0 aliphatic heterocycles. The molecule has 0 amide bonds. The number of hydrogen-bond acceptors (Lipinski definition) is 4. The van der Waals surface area contributed by atoms with Crippen LogP contribution in [0.5, 0.6) is 0 Å². The van der Waals surface area contributed by atoms with Gasteiger partial charge < -0.3 is 5.32 Å². The second-order valence-corrected chi connectivity index (χ2v) is 5.80. The molecule has 21 heavy (non-hydrogen) atoms. The monoisotopic (exact) mass is 285 g/mol. The fourth-order valence-corrected chi connectivity index (χ4v) is 3.30. The number of rotatable bonds is 6. The Bertz CT molecular complexity index is 592. The van der Waals surface area contributed by atoms with Crippen molar-refractivity contribution in [3.63, 3.8) is 0 Å². The Morgan fingerprint density at radius 2 is 2.24 bits per heavy atom. The smallest absolute Gasteiger partial charge is 0.176 e. The van der Waals surface area contributed by atoms with Gasteiger partial charge in [-0.2, -0.15) is 4.80 Å². The van der Waals surface area contributed by atoms with E-state index in [2.05, 4.69) is 51.9 Å². The number of nitrogens with one attached hydrogen (secondary N) is 1. The molecule has 1 aliphatic carbocycles. The summed E-state index contributed by atoms with van der Waals surface area (Å²) in [6, 6.07) is 9.21. The van der Waals surface area contributed by atoms with Crippen LogP contribution < -0.4 is 5.32 Å². The Kier molecular flexibility index (Phi) is 4.29. The first-order valence-corrected chi connectivity index (χ1v) is 7.82. The number of aryl methyl sites for hydroxylation is 2. The third kappa shape index (κ3) is 3.13. The van der Waals surface area contributed by atoms with Gasteiger partial charge >= 0.3 is 0 Å². The predicted molar refractivity (Wildman–Crippen MR) is 82.1 cm³/mol. The normalized spacial score (nSPS) is 18.7. The molecule has 0 saturated carbocycles. The molecule has 1 aliphatic rings. The minimum absolute atomic E-state index is 0.387. The Morgan fingerprint density at radius 1 is 1.38 bits per heavy atom. The molecule has 0 radical (unpaired) electrons. The Morgan fingerprint density at radius 3 is 3.00 bits per heavy atom. The minimum atomic E-state index is 0.387. The molecule has 5 heteroatoms. The zero-order chi connectivity index (χ0) is 14.7. The van der Waals surface area contributed by atoms with Crippen LogP contribution in [0.4, 0.5) is 0 Å². The Labute approximate surface area is 125 Å². The van der Waals surface area contributed by atoms with Gasteiger partial charge in [0.05, 0.1) is 7.05 Å². The molecular weight excluding hydrogens is 262 g/mol. The van der Waals surface area contributed by atoms with Gasteiger partial charge in [0.2, 0.25) is 0 Å². The summed E-state index contributed by atoms with van der Waals surface area (Å²) in [6.45, 7) is 3.23. The molecule has 1 aromatic carbocycles. The molecule has 2 unspecified atom stereocenters. The highest BCUT2D eigenvalue weighted by atomic mass is 15.6. The van der Waals surface area contributed by atoms with E-state index < -0.39 is 0 Å². The van der Waals surface area contributed by atoms with Crippen molar-refractivity contribution in [2.45, 2.75) is 44.6 Å². The van der Waals surface area contributed by atoms with Gasteiger partial charge in [0.1, 0.15) is 0 Å². The quantitative estimate of drug-likeness (QED) is 0.880. The van der Waals surface area contributed by atoms with Crippen molar-refractivity contribution in [3.8, 4) is 0 Å². The lowest BCUT2D eigenvalue weighted by Gasteiger charge is -2.24. The molecule has 0 fully saturated rings. The number of tetrazole rings is 1. The van der Waals surface area contributed by atoms with E-state index in [4.69, 9.17) is 0 Å². The number of hydrogen-bond donors (Lipinski definition) is 1. The van der Waals surface area contributed by atoms with Crippen LogP contribution in [0.25, 0.3) is 0 Å². The third-order valence-electron chi connectivity index (χ3n) is 4.27. The van der Waals surface area contributed by atoms with Gasteiger partial charge in [0.25, 0.3) is 0 Å². The molecule has 1 N–H and O–H groups in total. The maximum atomic E-state index is 4.34. The topological polar surface area (TPSA) is 55.6 Å². The summed E-state index contributed by atoms with van der Waals surface area (Å²) < 4.78 is 0. The van der Waals surface area contributed by atoms with Crippen LogP contribution in [-0.4, -0.2) is 32.8 Å². The van der Waals surface area contributed by atoms with Crippen molar-refractivity contribution in [2.24, 2.45) is 7.05 Å². The predicted octanol–water partition coefficient (Wildman–Crippen LogP) is 1.85. The molecule has 1 aromatic heterocycles. The number of benzene rings is 1. The van der Waals surface area contributed by atoms with Gasteiger partial charge in [0, 0.05) is 18.4 Å². The summed E-state index contributed by atoms with van der Waals surface area (Å²) in [5.41, 5.74) is 2.99. The minimum Gasteiger partial charge on any atom is -0.313 e. The molecule has 3 rings (SSSR count). The van der Waals surface area contributed by atoms with E-state index in [-0.39, 0.29) is 0 Å². The van der Waals surface area contributed by atoms with Crippen LogP contribution in [0, 0.1) is 0 Å². The average Bonchev–Trinajstić information content (AvgIpc) is 3.09.